The van der Waals surface area contributed by atoms with Gasteiger partial charge in [-0.1, -0.05) is 22.6 Å². The number of nitrogens with one attached hydrogen (secondary N) is 2. The highest BCUT2D eigenvalue weighted by molar-refractivity contribution is 14.1. The minimum Gasteiger partial charge on any atom is -0.480 e. The molecule has 3 N–H and O–H groups in total. The number of rotatable bonds is 9. The molecule has 32 heavy (non-hydrogen) atoms. The summed E-state index contributed by atoms with van der Waals surface area (Å²) < 4.78 is 19.7. The summed E-state index contributed by atoms with van der Waals surface area (Å²) in [6.45, 7) is 4.32. The van der Waals surface area contributed by atoms with Crippen LogP contribution in [-0.4, -0.2) is 69.4 Å². The van der Waals surface area contributed by atoms with Crippen molar-refractivity contribution in [3.63, 3.8) is 0 Å². The molecule has 1 amide bonds. The lowest BCUT2D eigenvalue weighted by Gasteiger charge is -2.39. The highest BCUT2D eigenvalue weighted by Crippen LogP contribution is 2.31. The Morgan fingerprint density at radius 3 is 2.06 bits per heavy atom. The van der Waals surface area contributed by atoms with Gasteiger partial charge >= 0.3 is 23.9 Å². The van der Waals surface area contributed by atoms with Crippen LogP contribution in [0.4, 0.5) is 0 Å². The number of ether oxygens (including phenoxy) is 4. The second-order valence-electron chi connectivity index (χ2n) is 6.46. The van der Waals surface area contributed by atoms with Crippen LogP contribution in [0.3, 0.4) is 0 Å². The Kier molecular flexibility index (Phi) is 10.2. The zero-order chi connectivity index (χ0) is 24.6. The van der Waals surface area contributed by atoms with E-state index in [1.54, 1.807) is 22.6 Å². The van der Waals surface area contributed by atoms with Crippen LogP contribution in [-0.2, 0) is 42.9 Å². The van der Waals surface area contributed by atoms with Crippen LogP contribution in [0.2, 0.25) is 0 Å². The number of hydrogen-bond donors (Lipinski definition) is 3. The second kappa shape index (κ2) is 12.1. The maximum atomic E-state index is 11.8. The molecule has 5 atom stereocenters. The molecular formula is C17H22IN4O10+. The summed E-state index contributed by atoms with van der Waals surface area (Å²) in [6, 6.07) is -2.20. The van der Waals surface area contributed by atoms with Gasteiger partial charge in [-0.3, -0.25) is 19.2 Å². The maximum Gasteiger partial charge on any atom is 0.370 e. The molecule has 0 aromatic carbocycles. The predicted octanol–water partition coefficient (Wildman–Crippen LogP) is -0.0350. The minimum atomic E-state index is -1.70. The van der Waals surface area contributed by atoms with Crippen LogP contribution in [0.5, 0.6) is 0 Å². The van der Waals surface area contributed by atoms with Crippen LogP contribution in [0.25, 0.3) is 0 Å². The van der Waals surface area contributed by atoms with Gasteiger partial charge in [0.2, 0.25) is 16.6 Å². The third-order valence-electron chi connectivity index (χ3n) is 3.84. The van der Waals surface area contributed by atoms with E-state index in [0.717, 1.165) is 26.8 Å². The van der Waals surface area contributed by atoms with Crippen LogP contribution in [0.1, 0.15) is 27.7 Å². The first-order valence-electron chi connectivity index (χ1n) is 8.98. The number of carbonyl (C=O) groups excluding carboxylic acids is 4. The molecule has 0 bridgehead atoms. The molecule has 0 saturated carbocycles. The fraction of sp³-hybridized carbons (Fsp3) is 0.588. The smallest absolute Gasteiger partial charge is 0.370 e. The van der Waals surface area contributed by atoms with E-state index in [4.69, 9.17) is 24.5 Å². The summed E-state index contributed by atoms with van der Waals surface area (Å²) in [5.41, 5.74) is 7.00. The highest BCUT2D eigenvalue weighted by atomic mass is 127. The number of carboxylic acid groups (broad SMARTS) is 1. The molecule has 1 heterocycles. The quantitative estimate of drug-likeness (QED) is 0.0844. The van der Waals surface area contributed by atoms with E-state index in [1.165, 1.54) is 6.92 Å². The van der Waals surface area contributed by atoms with Crippen molar-refractivity contribution in [2.24, 2.45) is 5.11 Å². The SMILES string of the molecule is CC(=O)NC1C(N=[N+]=N)C=C(C(=O)O)OC1C(I)C(OC(C)=O)C(OC(C)=O)OC(C)=O. The van der Waals surface area contributed by atoms with Gasteiger partial charge in [0, 0.05) is 27.7 Å². The molecule has 0 radical (unpaired) electrons. The molecular weight excluding hydrogens is 547 g/mol. The van der Waals surface area contributed by atoms with E-state index in [2.05, 4.69) is 15.3 Å². The number of esters is 3. The molecule has 0 aromatic rings. The molecule has 1 rings (SSSR count). The number of alkyl halides is 1. The summed E-state index contributed by atoms with van der Waals surface area (Å²) in [5, 5.41) is 15.6. The van der Waals surface area contributed by atoms with Gasteiger partial charge in [-0.05, 0) is 6.08 Å². The molecule has 1 aliphatic rings. The van der Waals surface area contributed by atoms with E-state index in [1.807, 2.05) is 0 Å². The number of halogens is 1. The van der Waals surface area contributed by atoms with Crippen molar-refractivity contribution in [1.82, 2.24) is 10.2 Å². The Labute approximate surface area is 195 Å². The first-order chi connectivity index (χ1) is 14.9. The number of carboxylic acids is 1. The third kappa shape index (κ3) is 7.88. The second-order valence-corrected chi connectivity index (χ2v) is 7.89. The zero-order valence-electron chi connectivity index (χ0n) is 17.4. The van der Waals surface area contributed by atoms with Crippen molar-refractivity contribution >= 4 is 52.4 Å². The summed E-state index contributed by atoms with van der Waals surface area (Å²) in [7, 11) is 0. The van der Waals surface area contributed by atoms with Gasteiger partial charge in [0.05, 0.1) is 3.92 Å². The van der Waals surface area contributed by atoms with E-state index in [9.17, 15) is 29.1 Å². The Morgan fingerprint density at radius 2 is 1.66 bits per heavy atom. The molecule has 14 nitrogen and oxygen atoms in total. The predicted molar refractivity (Wildman–Crippen MR) is 110 cm³/mol. The van der Waals surface area contributed by atoms with Crippen LogP contribution < -0.4 is 10.2 Å². The lowest BCUT2D eigenvalue weighted by Crippen LogP contribution is -2.59. The molecule has 0 spiro atoms. The average Bonchev–Trinajstić information content (AvgIpc) is 2.65. The molecule has 0 aliphatic carbocycles. The Balaban J connectivity index is 3.52. The van der Waals surface area contributed by atoms with E-state index >= 15 is 0 Å². The maximum absolute atomic E-state index is 11.8. The van der Waals surface area contributed by atoms with Crippen LogP contribution in [0, 0.1) is 5.53 Å². The van der Waals surface area contributed by atoms with Gasteiger partial charge in [-0.25, -0.2) is 4.79 Å². The number of hydrogen-bond acceptors (Lipinski definition) is 11. The van der Waals surface area contributed by atoms with Gasteiger partial charge in [0.15, 0.2) is 12.1 Å². The van der Waals surface area contributed by atoms with Crippen molar-refractivity contribution in [2.75, 3.05) is 0 Å². The number of aliphatic carboxylic acids is 1. The molecule has 176 valence electrons. The molecule has 0 aromatic heterocycles. The van der Waals surface area contributed by atoms with Crippen molar-refractivity contribution in [3.05, 3.63) is 11.8 Å². The van der Waals surface area contributed by atoms with Gasteiger partial charge in [-0.15, -0.1) is 0 Å². The normalized spacial score (nSPS) is 21.6. The van der Waals surface area contributed by atoms with Gasteiger partial charge in [0.25, 0.3) is 6.29 Å². The summed E-state index contributed by atoms with van der Waals surface area (Å²) in [6.07, 6.45) is -3.38. The molecule has 1 aliphatic heterocycles. The fourth-order valence-electron chi connectivity index (χ4n) is 2.81. The first-order valence-corrected chi connectivity index (χ1v) is 10.2. The topological polar surface area (TPSA) is 205 Å². The molecule has 0 fully saturated rings. The lowest BCUT2D eigenvalue weighted by atomic mass is 9.94. The van der Waals surface area contributed by atoms with Gasteiger partial charge in [0.1, 0.15) is 22.8 Å². The summed E-state index contributed by atoms with van der Waals surface area (Å²) in [4.78, 5) is 61.0. The van der Waals surface area contributed by atoms with Crippen LogP contribution >= 0.6 is 22.6 Å². The number of amides is 1. The van der Waals surface area contributed by atoms with E-state index < -0.39 is 70.0 Å². The Morgan fingerprint density at radius 1 is 1.12 bits per heavy atom. The molecule has 0 saturated heterocycles. The van der Waals surface area contributed by atoms with Crippen molar-refractivity contribution in [3.8, 4) is 0 Å². The Hall–Kier alpha value is -3.07. The van der Waals surface area contributed by atoms with Crippen molar-refractivity contribution < 1.29 is 48.0 Å². The standard InChI is InChI=1S/C17H21IN4O10/c1-6(23)20-13-10(21-22-19)5-11(16(27)28)32-14(13)12(18)15(29-7(2)24)17(30-8(3)25)31-9(4)26/h5,10,12-15,17,19H,1-4H3,(H-,20,23,27,28)/p+1. The molecule has 5 unspecified atom stereocenters. The molecule has 15 heteroatoms. The average molecular weight is 569 g/mol. The third-order valence-corrected chi connectivity index (χ3v) is 5.26. The monoisotopic (exact) mass is 569 g/mol. The largest absolute Gasteiger partial charge is 0.480 e. The highest BCUT2D eigenvalue weighted by Gasteiger charge is 2.49. The van der Waals surface area contributed by atoms with E-state index in [-0.39, 0.29) is 0 Å². The number of carbonyl (C=O) groups is 5. The first kappa shape index (κ1) is 27.0. The fourth-order valence-corrected chi connectivity index (χ4v) is 3.89. The minimum absolute atomic E-state index is 0.537. The van der Waals surface area contributed by atoms with Gasteiger partial charge in [-0.2, -0.15) is 0 Å². The van der Waals surface area contributed by atoms with Gasteiger partial charge < -0.3 is 29.4 Å². The number of nitrogens with zero attached hydrogens (tertiary/aromatic N) is 2. The van der Waals surface area contributed by atoms with Crippen molar-refractivity contribution in [1.29, 1.82) is 5.53 Å². The van der Waals surface area contributed by atoms with Crippen molar-refractivity contribution in [2.45, 2.75) is 62.2 Å². The van der Waals surface area contributed by atoms with E-state index in [0.29, 0.717) is 0 Å². The summed E-state index contributed by atoms with van der Waals surface area (Å²) >= 11 is 1.72. The summed E-state index contributed by atoms with van der Waals surface area (Å²) in [5.74, 6) is -5.10. The Bertz CT molecular complexity index is 840. The van der Waals surface area contributed by atoms with Crippen LogP contribution in [0.15, 0.2) is 16.9 Å². The lowest BCUT2D eigenvalue weighted by molar-refractivity contribution is -0.213. The zero-order valence-corrected chi connectivity index (χ0v) is 19.6.